The van der Waals surface area contributed by atoms with Gasteiger partial charge in [0.25, 0.3) is 0 Å². The van der Waals surface area contributed by atoms with Crippen molar-refractivity contribution in [2.45, 2.75) is 26.4 Å². The van der Waals surface area contributed by atoms with E-state index in [0.717, 1.165) is 65.4 Å². The van der Waals surface area contributed by atoms with Gasteiger partial charge in [0, 0.05) is 49.5 Å². The van der Waals surface area contributed by atoms with Crippen molar-refractivity contribution in [2.24, 2.45) is 0 Å². The highest BCUT2D eigenvalue weighted by Gasteiger charge is 2.22. The number of hydrogen-bond acceptors (Lipinski definition) is 8. The Labute approximate surface area is 204 Å². The van der Waals surface area contributed by atoms with Crippen LogP contribution in [0.3, 0.4) is 0 Å². The Balaban J connectivity index is 1.24. The number of nitrogen functional groups attached to an aromatic ring is 1. The molecule has 1 aliphatic rings. The number of rotatable bonds is 5. The van der Waals surface area contributed by atoms with Gasteiger partial charge in [-0.1, -0.05) is 12.1 Å². The molecule has 0 spiro atoms. The maximum Gasteiger partial charge on any atom is 0.220 e. The predicted octanol–water partition coefficient (Wildman–Crippen LogP) is 4.02. The lowest BCUT2D eigenvalue weighted by molar-refractivity contribution is -0.230. The molecule has 9 nitrogen and oxygen atoms in total. The fourth-order valence-electron chi connectivity index (χ4n) is 4.12. The number of fused-ring (bicyclic) bond motifs is 1. The van der Waals surface area contributed by atoms with Crippen molar-refractivity contribution < 1.29 is 4.84 Å². The van der Waals surface area contributed by atoms with Gasteiger partial charge in [0.15, 0.2) is 0 Å². The third-order valence-electron chi connectivity index (χ3n) is 5.73. The van der Waals surface area contributed by atoms with Crippen LogP contribution in [0.15, 0.2) is 48.8 Å². The molecule has 180 valence electrons. The lowest BCUT2D eigenvalue weighted by Crippen LogP contribution is -2.48. The maximum atomic E-state index is 5.97. The molecule has 0 bridgehead atoms. The first-order valence-corrected chi connectivity index (χ1v) is 11.7. The highest BCUT2D eigenvalue weighted by molar-refractivity contribution is 5.91. The molecule has 0 saturated carbocycles. The third kappa shape index (κ3) is 5.47. The largest absolute Gasteiger partial charge is 0.368 e. The summed E-state index contributed by atoms with van der Waals surface area (Å²) in [4.78, 5) is 21.2. The molecule has 4 heterocycles. The molecule has 0 aliphatic carbocycles. The average Bonchev–Trinajstić information content (AvgIpc) is 3.25. The summed E-state index contributed by atoms with van der Waals surface area (Å²) in [6.45, 7) is 9.73. The number of nitrogens with two attached hydrogens (primary N) is 1. The van der Waals surface area contributed by atoms with Crippen molar-refractivity contribution in [1.29, 1.82) is 0 Å². The van der Waals surface area contributed by atoms with Crippen molar-refractivity contribution in [3.8, 4) is 11.3 Å². The zero-order valence-corrected chi connectivity index (χ0v) is 20.3. The second-order valence-corrected chi connectivity index (χ2v) is 9.57. The molecule has 1 aliphatic heterocycles. The average molecular weight is 471 g/mol. The molecule has 1 fully saturated rings. The normalized spacial score (nSPS) is 15.3. The van der Waals surface area contributed by atoms with Crippen molar-refractivity contribution in [1.82, 2.24) is 30.2 Å². The summed E-state index contributed by atoms with van der Waals surface area (Å²) < 4.78 is 0. The SMILES string of the molecule is CC(C)(C)ON1CCN(c2ccc(C=Cc3n[nH]c4cc(-c5ccnc(N)n5)ccc34)cn2)CC1. The molecule has 0 amide bonds. The molecular formula is C26H30N8O. The first-order chi connectivity index (χ1) is 16.8. The minimum Gasteiger partial charge on any atom is -0.368 e. The van der Waals surface area contributed by atoms with E-state index >= 15 is 0 Å². The van der Waals surface area contributed by atoms with Gasteiger partial charge in [0.2, 0.25) is 5.95 Å². The van der Waals surface area contributed by atoms with Crippen LogP contribution in [0.5, 0.6) is 0 Å². The van der Waals surface area contributed by atoms with Crippen LogP contribution in [-0.2, 0) is 4.84 Å². The molecule has 5 rings (SSSR count). The molecule has 3 aromatic heterocycles. The molecule has 35 heavy (non-hydrogen) atoms. The second-order valence-electron chi connectivity index (χ2n) is 9.57. The molecule has 1 saturated heterocycles. The van der Waals surface area contributed by atoms with E-state index in [1.54, 1.807) is 6.20 Å². The van der Waals surface area contributed by atoms with Crippen molar-refractivity contribution in [2.75, 3.05) is 36.8 Å². The van der Waals surface area contributed by atoms with Gasteiger partial charge in [-0.25, -0.2) is 15.0 Å². The molecule has 1 aromatic carbocycles. The number of hydroxylamine groups is 2. The van der Waals surface area contributed by atoms with Gasteiger partial charge >= 0.3 is 0 Å². The molecule has 0 radical (unpaired) electrons. The molecule has 4 aromatic rings. The van der Waals surface area contributed by atoms with E-state index < -0.39 is 0 Å². The monoisotopic (exact) mass is 470 g/mol. The smallest absolute Gasteiger partial charge is 0.220 e. The van der Waals surface area contributed by atoms with Crippen LogP contribution in [0.4, 0.5) is 11.8 Å². The van der Waals surface area contributed by atoms with Crippen LogP contribution in [0, 0.1) is 0 Å². The number of nitrogens with zero attached hydrogens (tertiary/aromatic N) is 6. The van der Waals surface area contributed by atoms with Gasteiger partial charge in [-0.3, -0.25) is 9.94 Å². The molecular weight excluding hydrogens is 440 g/mol. The maximum absolute atomic E-state index is 5.97. The minimum absolute atomic E-state index is 0.165. The summed E-state index contributed by atoms with van der Waals surface area (Å²) in [5.74, 6) is 1.24. The van der Waals surface area contributed by atoms with Gasteiger partial charge in [-0.2, -0.15) is 10.2 Å². The summed E-state index contributed by atoms with van der Waals surface area (Å²) in [5.41, 5.74) is 10.1. The van der Waals surface area contributed by atoms with E-state index in [-0.39, 0.29) is 11.5 Å². The first-order valence-electron chi connectivity index (χ1n) is 11.7. The van der Waals surface area contributed by atoms with E-state index in [9.17, 15) is 0 Å². The number of pyridine rings is 1. The second kappa shape index (κ2) is 9.44. The van der Waals surface area contributed by atoms with Gasteiger partial charge < -0.3 is 10.6 Å². The number of hydrogen-bond donors (Lipinski definition) is 2. The Morgan fingerprint density at radius 1 is 1.00 bits per heavy atom. The van der Waals surface area contributed by atoms with E-state index in [1.165, 1.54) is 0 Å². The van der Waals surface area contributed by atoms with Crippen LogP contribution < -0.4 is 10.6 Å². The lowest BCUT2D eigenvalue weighted by Gasteiger charge is -2.37. The lowest BCUT2D eigenvalue weighted by atomic mass is 10.1. The standard InChI is InChI=1S/C26H30N8O/c1-26(2,3)35-34-14-12-33(13-15-34)24-9-5-18(17-29-24)4-8-22-20-7-6-19(16-23(20)32-31-22)21-10-11-28-25(27)30-21/h4-11,16-17H,12-15H2,1-3H3,(H,31,32)(H2,27,28,30). The quantitative estimate of drug-likeness (QED) is 0.450. The number of aromatic nitrogens is 5. The Morgan fingerprint density at radius 3 is 2.54 bits per heavy atom. The van der Waals surface area contributed by atoms with Gasteiger partial charge in [0.1, 0.15) is 5.82 Å². The fourth-order valence-corrected chi connectivity index (χ4v) is 4.12. The number of anilines is 2. The van der Waals surface area contributed by atoms with Crippen LogP contribution in [0.25, 0.3) is 34.3 Å². The summed E-state index contributed by atoms with van der Waals surface area (Å²) in [5, 5.41) is 10.7. The topological polar surface area (TPSA) is 109 Å². The van der Waals surface area contributed by atoms with Gasteiger partial charge in [-0.05, 0) is 62.7 Å². The first kappa shape index (κ1) is 22.9. The molecule has 0 atom stereocenters. The Morgan fingerprint density at radius 2 is 1.83 bits per heavy atom. The number of piperazine rings is 1. The molecule has 0 unspecified atom stereocenters. The predicted molar refractivity (Wildman–Crippen MR) is 139 cm³/mol. The van der Waals surface area contributed by atoms with E-state index in [1.807, 2.05) is 47.7 Å². The highest BCUT2D eigenvalue weighted by Crippen LogP contribution is 2.25. The van der Waals surface area contributed by atoms with Crippen molar-refractivity contribution in [3.05, 3.63) is 60.0 Å². The van der Waals surface area contributed by atoms with E-state index in [4.69, 9.17) is 10.6 Å². The Hall–Kier alpha value is -3.82. The van der Waals surface area contributed by atoms with Gasteiger partial charge in [-0.15, -0.1) is 0 Å². The fraction of sp³-hybridized carbons (Fsp3) is 0.308. The van der Waals surface area contributed by atoms with E-state index in [2.05, 4.69) is 63.0 Å². The Kier molecular flexibility index (Phi) is 6.19. The number of H-pyrrole nitrogens is 1. The highest BCUT2D eigenvalue weighted by atomic mass is 16.7. The van der Waals surface area contributed by atoms with Crippen LogP contribution in [0.1, 0.15) is 32.0 Å². The van der Waals surface area contributed by atoms with Crippen LogP contribution in [-0.4, -0.2) is 62.0 Å². The zero-order valence-electron chi connectivity index (χ0n) is 20.3. The Bertz CT molecular complexity index is 1330. The molecule has 3 N–H and O–H groups in total. The number of nitrogens with one attached hydrogen (secondary N) is 1. The van der Waals surface area contributed by atoms with E-state index in [0.29, 0.717) is 0 Å². The van der Waals surface area contributed by atoms with Gasteiger partial charge in [0.05, 0.1) is 22.5 Å². The minimum atomic E-state index is -0.165. The number of benzene rings is 1. The van der Waals surface area contributed by atoms with Crippen LogP contribution in [0.2, 0.25) is 0 Å². The summed E-state index contributed by atoms with van der Waals surface area (Å²) in [7, 11) is 0. The third-order valence-corrected chi connectivity index (χ3v) is 5.73. The summed E-state index contributed by atoms with van der Waals surface area (Å²) in [6, 6.07) is 12.1. The van der Waals surface area contributed by atoms with Crippen molar-refractivity contribution in [3.63, 3.8) is 0 Å². The molecule has 9 heteroatoms. The van der Waals surface area contributed by atoms with Crippen molar-refractivity contribution >= 4 is 34.8 Å². The summed E-state index contributed by atoms with van der Waals surface area (Å²) >= 11 is 0. The zero-order chi connectivity index (χ0) is 24.4. The van der Waals surface area contributed by atoms with Crippen LogP contribution >= 0.6 is 0 Å². The summed E-state index contributed by atoms with van der Waals surface area (Å²) in [6.07, 6.45) is 7.58. The number of aromatic amines is 1.